The van der Waals surface area contributed by atoms with Gasteiger partial charge in [-0.25, -0.2) is 0 Å². The first-order valence-electron chi connectivity index (χ1n) is 7.87. The second kappa shape index (κ2) is 5.64. The van der Waals surface area contributed by atoms with E-state index in [-0.39, 0.29) is 5.97 Å². The Bertz CT molecular complexity index is 359. The summed E-state index contributed by atoms with van der Waals surface area (Å²) in [5.74, 6) is -0.252. The number of rotatable bonds is 3. The van der Waals surface area contributed by atoms with E-state index in [0.29, 0.717) is 17.5 Å². The minimum Gasteiger partial charge on any atom is -0.468 e. The van der Waals surface area contributed by atoms with E-state index in [1.807, 2.05) is 0 Å². The van der Waals surface area contributed by atoms with E-state index in [0.717, 1.165) is 19.3 Å². The maximum absolute atomic E-state index is 11.8. The lowest BCUT2D eigenvalue weighted by Crippen LogP contribution is -2.49. The van der Waals surface area contributed by atoms with Crippen LogP contribution in [0.3, 0.4) is 0 Å². The largest absolute Gasteiger partial charge is 0.468 e. The first kappa shape index (κ1) is 15.8. The summed E-state index contributed by atoms with van der Waals surface area (Å²) < 4.78 is 4.86. The minimum atomic E-state index is -0.762. The molecule has 2 aliphatic rings. The van der Waals surface area contributed by atoms with Gasteiger partial charge in [0.15, 0.2) is 0 Å². The van der Waals surface area contributed by atoms with Gasteiger partial charge in [-0.05, 0) is 57.4 Å². The topological polar surface area (TPSA) is 55.6 Å². The van der Waals surface area contributed by atoms with Gasteiger partial charge < -0.3 is 15.4 Å². The predicted octanol–water partition coefficient (Wildman–Crippen LogP) is 2.31. The van der Waals surface area contributed by atoms with Crippen LogP contribution in [-0.4, -0.2) is 42.6 Å². The molecule has 20 heavy (non-hydrogen) atoms. The Morgan fingerprint density at radius 1 is 1.15 bits per heavy atom. The molecule has 4 nitrogen and oxygen atoms in total. The summed E-state index contributed by atoms with van der Waals surface area (Å²) in [4.78, 5) is 14.3. The second-order valence-corrected chi connectivity index (χ2v) is 7.61. The van der Waals surface area contributed by atoms with E-state index in [9.17, 15) is 4.79 Å². The summed E-state index contributed by atoms with van der Waals surface area (Å²) in [5.41, 5.74) is 5.95. The van der Waals surface area contributed by atoms with Crippen LogP contribution in [0.5, 0.6) is 0 Å². The molecule has 0 aromatic carbocycles. The standard InChI is InChI=1S/C16H30N2O2/c1-15(2)8-5-12(6-9-15)18(3)13-7-10-16(17,11-13)14(19)20-4/h12-13H,5-11,17H2,1-4H3. The van der Waals surface area contributed by atoms with Crippen LogP contribution in [0.4, 0.5) is 0 Å². The summed E-state index contributed by atoms with van der Waals surface area (Å²) in [5, 5.41) is 0. The quantitative estimate of drug-likeness (QED) is 0.807. The first-order valence-corrected chi connectivity index (χ1v) is 7.87. The number of hydrogen-bond donors (Lipinski definition) is 1. The van der Waals surface area contributed by atoms with Crippen molar-refractivity contribution in [3.8, 4) is 0 Å². The molecular formula is C16H30N2O2. The number of carbonyl (C=O) groups is 1. The number of methoxy groups -OCH3 is 1. The van der Waals surface area contributed by atoms with Gasteiger partial charge in [0, 0.05) is 12.1 Å². The van der Waals surface area contributed by atoms with E-state index in [2.05, 4.69) is 25.8 Å². The lowest BCUT2D eigenvalue weighted by Gasteiger charge is -2.41. The molecule has 2 rings (SSSR count). The fourth-order valence-electron chi connectivity index (χ4n) is 3.87. The van der Waals surface area contributed by atoms with Gasteiger partial charge in [0.25, 0.3) is 0 Å². The maximum Gasteiger partial charge on any atom is 0.325 e. The van der Waals surface area contributed by atoms with Gasteiger partial charge in [-0.1, -0.05) is 13.8 Å². The van der Waals surface area contributed by atoms with Crippen LogP contribution < -0.4 is 5.73 Å². The zero-order valence-corrected chi connectivity index (χ0v) is 13.4. The molecule has 2 fully saturated rings. The highest BCUT2D eigenvalue weighted by atomic mass is 16.5. The van der Waals surface area contributed by atoms with Crippen LogP contribution in [0.15, 0.2) is 0 Å². The summed E-state index contributed by atoms with van der Waals surface area (Å²) in [6.45, 7) is 4.72. The molecule has 2 saturated carbocycles. The Morgan fingerprint density at radius 2 is 1.70 bits per heavy atom. The summed E-state index contributed by atoms with van der Waals surface area (Å²) >= 11 is 0. The lowest BCUT2D eigenvalue weighted by molar-refractivity contribution is -0.147. The Balaban J connectivity index is 1.92. The van der Waals surface area contributed by atoms with Crippen molar-refractivity contribution in [3.63, 3.8) is 0 Å². The number of nitrogens with two attached hydrogens (primary N) is 1. The molecule has 116 valence electrons. The van der Waals surface area contributed by atoms with Crippen molar-refractivity contribution in [3.05, 3.63) is 0 Å². The fraction of sp³-hybridized carbons (Fsp3) is 0.938. The van der Waals surface area contributed by atoms with Crippen molar-refractivity contribution in [2.24, 2.45) is 11.1 Å². The molecule has 0 aromatic rings. The van der Waals surface area contributed by atoms with Crippen LogP contribution >= 0.6 is 0 Å². The van der Waals surface area contributed by atoms with Crippen molar-refractivity contribution in [1.82, 2.24) is 4.90 Å². The van der Waals surface area contributed by atoms with Gasteiger partial charge in [-0.2, -0.15) is 0 Å². The Kier molecular flexibility index (Phi) is 4.45. The van der Waals surface area contributed by atoms with Crippen LogP contribution in [0.25, 0.3) is 0 Å². The zero-order valence-electron chi connectivity index (χ0n) is 13.4. The third-order valence-corrected chi connectivity index (χ3v) is 5.58. The molecule has 2 N–H and O–H groups in total. The van der Waals surface area contributed by atoms with Gasteiger partial charge >= 0.3 is 5.97 Å². The molecule has 2 aliphatic carbocycles. The van der Waals surface area contributed by atoms with E-state index >= 15 is 0 Å². The van der Waals surface area contributed by atoms with Gasteiger partial charge in [-0.15, -0.1) is 0 Å². The predicted molar refractivity (Wildman–Crippen MR) is 80.4 cm³/mol. The second-order valence-electron chi connectivity index (χ2n) is 7.61. The SMILES string of the molecule is COC(=O)C1(N)CCC(N(C)C2CCC(C)(C)CC2)C1. The third-order valence-electron chi connectivity index (χ3n) is 5.58. The highest BCUT2D eigenvalue weighted by Gasteiger charge is 2.45. The molecule has 4 heteroatoms. The average Bonchev–Trinajstić information content (AvgIpc) is 2.81. The third kappa shape index (κ3) is 3.17. The number of hydrogen-bond acceptors (Lipinski definition) is 4. The van der Waals surface area contributed by atoms with E-state index < -0.39 is 5.54 Å². The van der Waals surface area contributed by atoms with E-state index in [1.54, 1.807) is 0 Å². The van der Waals surface area contributed by atoms with Crippen LogP contribution in [0.2, 0.25) is 0 Å². The molecule has 0 aromatic heterocycles. The van der Waals surface area contributed by atoms with Crippen molar-refractivity contribution >= 4 is 5.97 Å². The highest BCUT2D eigenvalue weighted by Crippen LogP contribution is 2.39. The number of nitrogens with zero attached hydrogens (tertiary/aromatic N) is 1. The van der Waals surface area contributed by atoms with Gasteiger partial charge in [-0.3, -0.25) is 4.79 Å². The first-order chi connectivity index (χ1) is 9.27. The Labute approximate surface area is 123 Å². The minimum absolute atomic E-state index is 0.252. The van der Waals surface area contributed by atoms with Crippen molar-refractivity contribution < 1.29 is 9.53 Å². The molecule has 2 unspecified atom stereocenters. The number of ether oxygens (including phenoxy) is 1. The van der Waals surface area contributed by atoms with Crippen LogP contribution in [0.1, 0.15) is 58.8 Å². The lowest BCUT2D eigenvalue weighted by atomic mass is 9.75. The molecule has 0 heterocycles. The maximum atomic E-state index is 11.8. The summed E-state index contributed by atoms with van der Waals surface area (Å²) in [7, 11) is 3.63. The van der Waals surface area contributed by atoms with Crippen molar-refractivity contribution in [1.29, 1.82) is 0 Å². The Hall–Kier alpha value is -0.610. The van der Waals surface area contributed by atoms with Gasteiger partial charge in [0.2, 0.25) is 0 Å². The molecule has 0 radical (unpaired) electrons. The normalized spacial score (nSPS) is 34.4. The number of esters is 1. The molecule has 0 saturated heterocycles. The average molecular weight is 282 g/mol. The Morgan fingerprint density at radius 3 is 2.25 bits per heavy atom. The van der Waals surface area contributed by atoms with Crippen molar-refractivity contribution in [2.45, 2.75) is 76.4 Å². The smallest absolute Gasteiger partial charge is 0.325 e. The zero-order chi connectivity index (χ0) is 15.0. The van der Waals surface area contributed by atoms with E-state index in [1.165, 1.54) is 32.8 Å². The van der Waals surface area contributed by atoms with Crippen LogP contribution in [-0.2, 0) is 9.53 Å². The van der Waals surface area contributed by atoms with E-state index in [4.69, 9.17) is 10.5 Å². The van der Waals surface area contributed by atoms with Gasteiger partial charge in [0.1, 0.15) is 5.54 Å². The highest BCUT2D eigenvalue weighted by molar-refractivity contribution is 5.81. The van der Waals surface area contributed by atoms with Crippen molar-refractivity contribution in [2.75, 3.05) is 14.2 Å². The fourth-order valence-corrected chi connectivity index (χ4v) is 3.87. The molecule has 0 aliphatic heterocycles. The summed E-state index contributed by atoms with van der Waals surface area (Å²) in [6, 6.07) is 1.07. The number of carbonyl (C=O) groups excluding carboxylic acids is 1. The molecule has 0 amide bonds. The van der Waals surface area contributed by atoms with Crippen LogP contribution in [0, 0.1) is 5.41 Å². The molecule has 0 bridgehead atoms. The summed E-state index contributed by atoms with van der Waals surface area (Å²) in [6.07, 6.45) is 7.58. The molecule has 2 atom stereocenters. The monoisotopic (exact) mass is 282 g/mol. The molecular weight excluding hydrogens is 252 g/mol. The van der Waals surface area contributed by atoms with Gasteiger partial charge in [0.05, 0.1) is 7.11 Å². The molecule has 0 spiro atoms.